The predicted octanol–water partition coefficient (Wildman–Crippen LogP) is 0.783. The van der Waals surface area contributed by atoms with Crippen LogP contribution in [0.2, 0.25) is 0 Å². The van der Waals surface area contributed by atoms with Crippen LogP contribution in [0.25, 0.3) is 0 Å². The summed E-state index contributed by atoms with van der Waals surface area (Å²) in [5.41, 5.74) is 5.41. The van der Waals surface area contributed by atoms with Gasteiger partial charge in [0.05, 0.1) is 10.4 Å². The Balaban J connectivity index is 1.56. The first-order valence-corrected chi connectivity index (χ1v) is 9.48. The molecule has 8 nitrogen and oxygen atoms in total. The smallest absolute Gasteiger partial charge is 0.330 e. The molecule has 3 N–H and O–H groups in total. The minimum absolute atomic E-state index is 0.0661. The van der Waals surface area contributed by atoms with E-state index in [4.69, 9.17) is 10.5 Å². The minimum Gasteiger partial charge on any atom is -0.454 e. The highest BCUT2D eigenvalue weighted by molar-refractivity contribution is 8.01. The van der Waals surface area contributed by atoms with E-state index in [0.717, 1.165) is 11.3 Å². The number of nitrogens with one attached hydrogen (secondary N) is 1. The molecule has 2 saturated heterocycles. The first kappa shape index (κ1) is 17.7. The van der Waals surface area contributed by atoms with Gasteiger partial charge < -0.3 is 20.7 Å². The fourth-order valence-corrected chi connectivity index (χ4v) is 5.22. The van der Waals surface area contributed by atoms with Crippen LogP contribution in [-0.4, -0.2) is 51.9 Å². The molecule has 0 radical (unpaired) electrons. The molecule has 25 heavy (non-hydrogen) atoms. The second-order valence-electron chi connectivity index (χ2n) is 5.95. The van der Waals surface area contributed by atoms with Crippen molar-refractivity contribution in [1.82, 2.24) is 4.90 Å². The third kappa shape index (κ3) is 3.36. The Kier molecular flexibility index (Phi) is 4.74. The van der Waals surface area contributed by atoms with Gasteiger partial charge in [0.2, 0.25) is 5.91 Å². The monoisotopic (exact) mass is 383 g/mol. The van der Waals surface area contributed by atoms with Crippen LogP contribution in [0.3, 0.4) is 0 Å². The number of ether oxygens (including phenoxy) is 1. The Morgan fingerprint density at radius 2 is 2.24 bits per heavy atom. The summed E-state index contributed by atoms with van der Waals surface area (Å²) in [5, 5.41) is 4.43. The number of carbonyl (C=O) groups excluding carboxylic acids is 4. The zero-order chi connectivity index (χ0) is 18.2. The van der Waals surface area contributed by atoms with Crippen LogP contribution in [0.5, 0.6) is 0 Å². The highest BCUT2D eigenvalue weighted by Gasteiger charge is 2.53. The number of anilines is 1. The molecule has 2 aliphatic heterocycles. The second-order valence-corrected chi connectivity index (χ2v) is 8.37. The Bertz CT molecular complexity index is 749. The van der Waals surface area contributed by atoms with E-state index in [-0.39, 0.29) is 16.3 Å². The lowest BCUT2D eigenvalue weighted by Crippen LogP contribution is -2.47. The van der Waals surface area contributed by atoms with E-state index >= 15 is 0 Å². The summed E-state index contributed by atoms with van der Waals surface area (Å²) < 4.78 is 5.07. The molecule has 0 aliphatic carbocycles. The van der Waals surface area contributed by atoms with Gasteiger partial charge in [0.25, 0.3) is 11.8 Å². The summed E-state index contributed by atoms with van der Waals surface area (Å²) in [6.45, 7) is 1.44. The van der Waals surface area contributed by atoms with E-state index in [1.54, 1.807) is 22.0 Å². The zero-order valence-electron chi connectivity index (χ0n) is 13.4. The van der Waals surface area contributed by atoms with E-state index in [1.807, 2.05) is 6.92 Å². The molecule has 1 aromatic heterocycles. The molecule has 3 heterocycles. The Labute approximate surface area is 152 Å². The van der Waals surface area contributed by atoms with E-state index in [2.05, 4.69) is 5.32 Å². The number of esters is 1. The number of hydrogen-bond donors (Lipinski definition) is 2. The van der Waals surface area contributed by atoms with Crippen molar-refractivity contribution < 1.29 is 23.9 Å². The van der Waals surface area contributed by atoms with E-state index < -0.39 is 30.4 Å². The maximum Gasteiger partial charge on any atom is 0.330 e. The quantitative estimate of drug-likeness (QED) is 0.726. The Morgan fingerprint density at radius 1 is 1.48 bits per heavy atom. The van der Waals surface area contributed by atoms with Gasteiger partial charge in [-0.15, -0.1) is 23.1 Å². The molecule has 3 amide bonds. The SMILES string of the molecule is C[C@]12CCC(=O)N1[C@H](C(=O)OCC(=O)Nc1sccc1C(N)=O)CS2. The van der Waals surface area contributed by atoms with Crippen molar-refractivity contribution in [1.29, 1.82) is 0 Å². The summed E-state index contributed by atoms with van der Waals surface area (Å²) in [5.74, 6) is -1.42. The number of amides is 3. The van der Waals surface area contributed by atoms with Crippen molar-refractivity contribution in [2.45, 2.75) is 30.7 Å². The average molecular weight is 383 g/mol. The molecule has 10 heteroatoms. The van der Waals surface area contributed by atoms with Crippen LogP contribution >= 0.6 is 23.1 Å². The van der Waals surface area contributed by atoms with Crippen molar-refractivity contribution in [3.8, 4) is 0 Å². The Morgan fingerprint density at radius 3 is 2.96 bits per heavy atom. The van der Waals surface area contributed by atoms with Gasteiger partial charge >= 0.3 is 5.97 Å². The standard InChI is InChI=1S/C15H17N3O5S2/c1-15-4-2-11(20)18(15)9(7-25-15)14(22)23-6-10(19)17-13-8(12(16)21)3-5-24-13/h3,5,9H,2,4,6-7H2,1H3,(H2,16,21)(H,17,19)/t9-,15-/m0/s1. The van der Waals surface area contributed by atoms with Crippen LogP contribution in [0.1, 0.15) is 30.1 Å². The largest absolute Gasteiger partial charge is 0.454 e. The van der Waals surface area contributed by atoms with Crippen molar-refractivity contribution in [2.24, 2.45) is 5.73 Å². The fourth-order valence-electron chi connectivity index (χ4n) is 2.99. The number of carbonyl (C=O) groups is 4. The molecule has 3 rings (SSSR count). The van der Waals surface area contributed by atoms with Gasteiger partial charge in [0.15, 0.2) is 6.61 Å². The molecule has 2 atom stereocenters. The number of hydrogen-bond acceptors (Lipinski definition) is 7. The predicted molar refractivity (Wildman–Crippen MR) is 93.2 cm³/mol. The topological polar surface area (TPSA) is 119 Å². The highest BCUT2D eigenvalue weighted by atomic mass is 32.2. The van der Waals surface area contributed by atoms with Crippen molar-refractivity contribution >= 4 is 51.8 Å². The maximum atomic E-state index is 12.3. The van der Waals surface area contributed by atoms with Crippen LogP contribution in [0.15, 0.2) is 11.4 Å². The van der Waals surface area contributed by atoms with E-state index in [9.17, 15) is 19.2 Å². The molecular formula is C15H17N3O5S2. The lowest BCUT2D eigenvalue weighted by Gasteiger charge is -2.29. The zero-order valence-corrected chi connectivity index (χ0v) is 15.1. The van der Waals surface area contributed by atoms with Crippen molar-refractivity contribution in [2.75, 3.05) is 17.7 Å². The van der Waals surface area contributed by atoms with Gasteiger partial charge in [0.1, 0.15) is 11.0 Å². The van der Waals surface area contributed by atoms with Crippen LogP contribution in [-0.2, 0) is 19.1 Å². The number of thioether (sulfide) groups is 1. The Hall–Kier alpha value is -2.07. The molecule has 134 valence electrons. The van der Waals surface area contributed by atoms with E-state index in [0.29, 0.717) is 23.6 Å². The molecule has 0 saturated carbocycles. The van der Waals surface area contributed by atoms with Crippen LogP contribution in [0.4, 0.5) is 5.00 Å². The molecule has 0 aromatic carbocycles. The first-order valence-electron chi connectivity index (χ1n) is 7.62. The molecule has 0 spiro atoms. The number of thiophene rings is 1. The lowest BCUT2D eigenvalue weighted by atomic mass is 10.2. The van der Waals surface area contributed by atoms with Gasteiger partial charge in [-0.2, -0.15) is 0 Å². The van der Waals surface area contributed by atoms with Gasteiger partial charge in [-0.25, -0.2) is 4.79 Å². The third-order valence-electron chi connectivity index (χ3n) is 4.25. The third-order valence-corrected chi connectivity index (χ3v) is 6.58. The van der Waals surface area contributed by atoms with Gasteiger partial charge in [0, 0.05) is 12.2 Å². The number of nitrogens with zero attached hydrogens (tertiary/aromatic N) is 1. The van der Waals surface area contributed by atoms with Gasteiger partial charge in [-0.3, -0.25) is 14.4 Å². The molecule has 2 aliphatic rings. The molecule has 0 bridgehead atoms. The molecular weight excluding hydrogens is 366 g/mol. The van der Waals surface area contributed by atoms with Crippen LogP contribution < -0.4 is 11.1 Å². The maximum absolute atomic E-state index is 12.3. The lowest BCUT2D eigenvalue weighted by molar-refractivity contribution is -0.155. The number of fused-ring (bicyclic) bond motifs is 1. The molecule has 2 fully saturated rings. The van der Waals surface area contributed by atoms with Gasteiger partial charge in [-0.1, -0.05) is 0 Å². The first-order chi connectivity index (χ1) is 11.8. The van der Waals surface area contributed by atoms with E-state index in [1.165, 1.54) is 6.07 Å². The van der Waals surface area contributed by atoms with Crippen molar-refractivity contribution in [3.63, 3.8) is 0 Å². The molecule has 0 unspecified atom stereocenters. The van der Waals surface area contributed by atoms with Gasteiger partial charge in [-0.05, 0) is 24.8 Å². The summed E-state index contributed by atoms with van der Waals surface area (Å²) in [7, 11) is 0. The number of rotatable bonds is 5. The van der Waals surface area contributed by atoms with Crippen LogP contribution in [0, 0.1) is 0 Å². The highest BCUT2D eigenvalue weighted by Crippen LogP contribution is 2.47. The summed E-state index contributed by atoms with van der Waals surface area (Å²) in [6.07, 6.45) is 1.12. The number of primary amides is 1. The minimum atomic E-state index is -0.666. The molecule has 1 aromatic rings. The summed E-state index contributed by atoms with van der Waals surface area (Å²) >= 11 is 2.70. The second kappa shape index (κ2) is 6.68. The summed E-state index contributed by atoms with van der Waals surface area (Å²) in [4.78, 5) is 48.7. The normalized spacial score (nSPS) is 24.9. The van der Waals surface area contributed by atoms with Crippen molar-refractivity contribution in [3.05, 3.63) is 17.0 Å². The number of nitrogens with two attached hydrogens (primary N) is 1. The fraction of sp³-hybridized carbons (Fsp3) is 0.467. The average Bonchev–Trinajstić information content (AvgIpc) is 3.21. The summed E-state index contributed by atoms with van der Waals surface area (Å²) in [6, 6.07) is 0.838.